The molecule has 0 radical (unpaired) electrons. The van der Waals surface area contributed by atoms with Gasteiger partial charge in [0.1, 0.15) is 0 Å². The third-order valence-electron chi connectivity index (χ3n) is 2.47. The van der Waals surface area contributed by atoms with E-state index in [4.69, 9.17) is 4.52 Å². The van der Waals surface area contributed by atoms with Crippen LogP contribution in [0.4, 0.5) is 0 Å². The predicted molar refractivity (Wildman–Crippen MR) is 74.3 cm³/mol. The molecule has 0 aliphatic carbocycles. The Labute approximate surface area is 106 Å². The Morgan fingerprint density at radius 3 is 1.76 bits per heavy atom. The van der Waals surface area contributed by atoms with Gasteiger partial charge in [-0.25, -0.2) is 10.2 Å². The molecule has 4 nitrogen and oxygen atoms in total. The van der Waals surface area contributed by atoms with Gasteiger partial charge in [-0.3, -0.25) is 4.57 Å². The van der Waals surface area contributed by atoms with E-state index in [1.165, 1.54) is 0 Å². The molecule has 0 aliphatic heterocycles. The summed E-state index contributed by atoms with van der Waals surface area (Å²) in [7, 11) is -2.81. The van der Waals surface area contributed by atoms with E-state index in [9.17, 15) is 4.57 Å². The number of hydrogen-bond donors (Lipinski definition) is 2. The molecule has 0 spiro atoms. The molecular formula is C12H29N2O2P. The second-order valence-electron chi connectivity index (χ2n) is 4.26. The first-order valence-electron chi connectivity index (χ1n) is 6.93. The zero-order valence-corrected chi connectivity index (χ0v) is 12.5. The van der Waals surface area contributed by atoms with Crippen molar-refractivity contribution in [2.75, 3.05) is 19.7 Å². The molecule has 0 bridgehead atoms. The van der Waals surface area contributed by atoms with E-state index >= 15 is 0 Å². The first-order valence-corrected chi connectivity index (χ1v) is 8.55. The van der Waals surface area contributed by atoms with E-state index in [2.05, 4.69) is 30.9 Å². The van der Waals surface area contributed by atoms with Crippen LogP contribution in [0, 0.1) is 0 Å². The van der Waals surface area contributed by atoms with Crippen LogP contribution < -0.4 is 10.2 Å². The highest BCUT2D eigenvalue weighted by atomic mass is 31.2. The van der Waals surface area contributed by atoms with Crippen molar-refractivity contribution in [2.24, 2.45) is 0 Å². The lowest BCUT2D eigenvalue weighted by atomic mass is 10.3. The van der Waals surface area contributed by atoms with E-state index in [-0.39, 0.29) is 0 Å². The van der Waals surface area contributed by atoms with Crippen molar-refractivity contribution in [3.63, 3.8) is 0 Å². The van der Waals surface area contributed by atoms with Gasteiger partial charge in [0.15, 0.2) is 0 Å². The molecule has 0 atom stereocenters. The molecule has 0 amide bonds. The van der Waals surface area contributed by atoms with Crippen molar-refractivity contribution in [1.82, 2.24) is 10.2 Å². The maximum atomic E-state index is 12.4. The zero-order chi connectivity index (χ0) is 13.0. The number of nitrogens with one attached hydrogen (secondary N) is 2. The third-order valence-corrected chi connectivity index (χ3v) is 4.30. The minimum absolute atomic E-state index is 0.562. The standard InChI is InChI=1S/C12H29N2O2P/c1-4-7-10-13-17(15,14-11-8-5-2)16-12-9-6-3/h4-12H2,1-3H3,(H2,13,14,15). The molecule has 0 saturated carbocycles. The number of unbranched alkanes of at least 4 members (excludes halogenated alkanes) is 3. The fourth-order valence-corrected chi connectivity index (χ4v) is 2.88. The molecule has 0 aliphatic rings. The Morgan fingerprint density at radius 1 is 0.882 bits per heavy atom. The van der Waals surface area contributed by atoms with Crippen LogP contribution in [0.1, 0.15) is 59.3 Å². The van der Waals surface area contributed by atoms with Gasteiger partial charge in [0.05, 0.1) is 6.61 Å². The molecule has 5 heteroatoms. The number of rotatable bonds is 12. The van der Waals surface area contributed by atoms with Gasteiger partial charge in [0.25, 0.3) is 0 Å². The third kappa shape index (κ3) is 9.78. The zero-order valence-electron chi connectivity index (χ0n) is 11.6. The molecule has 0 unspecified atom stereocenters. The average Bonchev–Trinajstić information content (AvgIpc) is 2.30. The maximum absolute atomic E-state index is 12.4. The minimum Gasteiger partial charge on any atom is -0.306 e. The molecule has 104 valence electrons. The molecule has 2 N–H and O–H groups in total. The van der Waals surface area contributed by atoms with Crippen molar-refractivity contribution < 1.29 is 9.09 Å². The minimum atomic E-state index is -2.81. The average molecular weight is 264 g/mol. The Morgan fingerprint density at radius 2 is 1.35 bits per heavy atom. The molecule has 17 heavy (non-hydrogen) atoms. The van der Waals surface area contributed by atoms with E-state index in [1.807, 2.05) is 0 Å². The molecule has 0 heterocycles. The maximum Gasteiger partial charge on any atom is 0.340 e. The highest BCUT2D eigenvalue weighted by Crippen LogP contribution is 2.37. The summed E-state index contributed by atoms with van der Waals surface area (Å²) in [5, 5.41) is 6.07. The van der Waals surface area contributed by atoms with Crippen LogP contribution in [-0.4, -0.2) is 19.7 Å². The summed E-state index contributed by atoms with van der Waals surface area (Å²) in [6, 6.07) is 0. The molecule has 0 aromatic rings. The lowest BCUT2D eigenvalue weighted by Gasteiger charge is -2.20. The number of hydrogen-bond acceptors (Lipinski definition) is 2. The first kappa shape index (κ1) is 17.1. The van der Waals surface area contributed by atoms with Crippen LogP contribution in [0.5, 0.6) is 0 Å². The van der Waals surface area contributed by atoms with Gasteiger partial charge in [0.2, 0.25) is 0 Å². The Balaban J connectivity index is 4.00. The largest absolute Gasteiger partial charge is 0.340 e. The summed E-state index contributed by atoms with van der Waals surface area (Å²) in [6.07, 6.45) is 6.25. The van der Waals surface area contributed by atoms with Gasteiger partial charge in [-0.1, -0.05) is 40.0 Å². The lowest BCUT2D eigenvalue weighted by Crippen LogP contribution is -2.26. The SMILES string of the molecule is CCCCNP(=O)(NCCCC)OCCCC. The summed E-state index contributed by atoms with van der Waals surface area (Å²) in [6.45, 7) is 8.40. The van der Waals surface area contributed by atoms with Crippen LogP contribution in [-0.2, 0) is 9.09 Å². The lowest BCUT2D eigenvalue weighted by molar-refractivity contribution is 0.290. The van der Waals surface area contributed by atoms with Crippen molar-refractivity contribution >= 4 is 7.67 Å². The van der Waals surface area contributed by atoms with Crippen LogP contribution in [0.3, 0.4) is 0 Å². The van der Waals surface area contributed by atoms with Crippen LogP contribution in [0.2, 0.25) is 0 Å². The van der Waals surface area contributed by atoms with Gasteiger partial charge in [-0.2, -0.15) is 0 Å². The summed E-state index contributed by atoms with van der Waals surface area (Å²) >= 11 is 0. The molecule has 0 saturated heterocycles. The highest BCUT2D eigenvalue weighted by Gasteiger charge is 2.20. The van der Waals surface area contributed by atoms with E-state index in [0.717, 1.165) is 51.6 Å². The molecule has 0 rings (SSSR count). The summed E-state index contributed by atoms with van der Waals surface area (Å²) < 4.78 is 17.9. The van der Waals surface area contributed by atoms with E-state index < -0.39 is 7.67 Å². The normalized spacial score (nSPS) is 11.9. The van der Waals surface area contributed by atoms with Crippen LogP contribution in [0.15, 0.2) is 0 Å². The topological polar surface area (TPSA) is 50.4 Å². The second-order valence-corrected chi connectivity index (χ2v) is 6.26. The summed E-state index contributed by atoms with van der Waals surface area (Å²) in [4.78, 5) is 0. The first-order chi connectivity index (χ1) is 8.18. The van der Waals surface area contributed by atoms with E-state index in [1.54, 1.807) is 0 Å². The fraction of sp³-hybridized carbons (Fsp3) is 1.00. The second kappa shape index (κ2) is 11.2. The summed E-state index contributed by atoms with van der Waals surface area (Å²) in [5.41, 5.74) is 0. The molecule has 0 fully saturated rings. The monoisotopic (exact) mass is 264 g/mol. The predicted octanol–water partition coefficient (Wildman–Crippen LogP) is 3.69. The van der Waals surface area contributed by atoms with Crippen molar-refractivity contribution in [3.05, 3.63) is 0 Å². The van der Waals surface area contributed by atoms with Crippen molar-refractivity contribution in [1.29, 1.82) is 0 Å². The molecule has 0 aromatic heterocycles. The Hall–Kier alpha value is 0.110. The Bertz CT molecular complexity index is 179. The van der Waals surface area contributed by atoms with Crippen LogP contribution in [0.25, 0.3) is 0 Å². The smallest absolute Gasteiger partial charge is 0.306 e. The Kier molecular flexibility index (Phi) is 11.3. The molecule has 0 aromatic carbocycles. The van der Waals surface area contributed by atoms with Crippen LogP contribution >= 0.6 is 7.67 Å². The highest BCUT2D eigenvalue weighted by molar-refractivity contribution is 7.54. The fourth-order valence-electron chi connectivity index (χ4n) is 1.29. The quantitative estimate of drug-likeness (QED) is 0.417. The van der Waals surface area contributed by atoms with Gasteiger partial charge in [-0.15, -0.1) is 0 Å². The van der Waals surface area contributed by atoms with Gasteiger partial charge in [-0.05, 0) is 19.3 Å². The van der Waals surface area contributed by atoms with E-state index in [0.29, 0.717) is 6.61 Å². The van der Waals surface area contributed by atoms with Gasteiger partial charge < -0.3 is 4.52 Å². The van der Waals surface area contributed by atoms with Gasteiger partial charge in [0, 0.05) is 13.1 Å². The summed E-state index contributed by atoms with van der Waals surface area (Å²) in [5.74, 6) is 0. The van der Waals surface area contributed by atoms with Crippen molar-refractivity contribution in [2.45, 2.75) is 59.3 Å². The molecular weight excluding hydrogens is 235 g/mol. The van der Waals surface area contributed by atoms with Crippen molar-refractivity contribution in [3.8, 4) is 0 Å². The van der Waals surface area contributed by atoms with Gasteiger partial charge >= 0.3 is 7.67 Å².